The topological polar surface area (TPSA) is 61.6 Å². The fourth-order valence-corrected chi connectivity index (χ4v) is 0.729. The number of hydrogen-bond acceptors (Lipinski definition) is 3. The highest BCUT2D eigenvalue weighted by molar-refractivity contribution is 5.78. The van der Waals surface area contributed by atoms with Crippen LogP contribution in [0.1, 0.15) is 27.2 Å². The van der Waals surface area contributed by atoms with Crippen molar-refractivity contribution in [1.82, 2.24) is 0 Å². The predicted molar refractivity (Wildman–Crippen MR) is 50.3 cm³/mol. The first kappa shape index (κ1) is 12.4. The van der Waals surface area contributed by atoms with Crippen molar-refractivity contribution in [3.8, 4) is 0 Å². The molecule has 0 radical (unpaired) electrons. The number of amides is 1. The van der Waals surface area contributed by atoms with Crippen LogP contribution in [0.2, 0.25) is 0 Å². The van der Waals surface area contributed by atoms with E-state index in [-0.39, 0.29) is 6.10 Å². The lowest BCUT2D eigenvalue weighted by molar-refractivity contribution is -0.130. The first-order valence-corrected chi connectivity index (χ1v) is 4.60. The van der Waals surface area contributed by atoms with E-state index in [1.807, 2.05) is 13.8 Å². The molecule has 0 heterocycles. The summed E-state index contributed by atoms with van der Waals surface area (Å²) in [5, 5.41) is 0. The average molecular weight is 189 g/mol. The Hall–Kier alpha value is -0.610. The monoisotopic (exact) mass is 189 g/mol. The minimum atomic E-state index is -0.535. The van der Waals surface area contributed by atoms with Crippen LogP contribution < -0.4 is 5.73 Å². The zero-order valence-electron chi connectivity index (χ0n) is 8.58. The molecule has 0 aliphatic heterocycles. The Morgan fingerprint density at radius 3 is 2.46 bits per heavy atom. The second-order valence-electron chi connectivity index (χ2n) is 3.06. The average Bonchev–Trinajstić information content (AvgIpc) is 2.10. The van der Waals surface area contributed by atoms with Gasteiger partial charge in [-0.25, -0.2) is 0 Å². The van der Waals surface area contributed by atoms with Gasteiger partial charge in [0.1, 0.15) is 6.10 Å². The third-order valence-corrected chi connectivity index (χ3v) is 1.59. The molecule has 2 unspecified atom stereocenters. The lowest BCUT2D eigenvalue weighted by Crippen LogP contribution is -2.31. The molecule has 0 aromatic heterocycles. The summed E-state index contributed by atoms with van der Waals surface area (Å²) in [5.41, 5.74) is 5.02. The van der Waals surface area contributed by atoms with Crippen LogP contribution in [-0.4, -0.2) is 31.3 Å². The second kappa shape index (κ2) is 6.86. The number of nitrogens with two attached hydrogens (primary N) is 1. The van der Waals surface area contributed by atoms with Crippen molar-refractivity contribution in [3.63, 3.8) is 0 Å². The van der Waals surface area contributed by atoms with E-state index in [4.69, 9.17) is 15.2 Å². The highest BCUT2D eigenvalue weighted by Crippen LogP contribution is 1.96. The molecule has 78 valence electrons. The summed E-state index contributed by atoms with van der Waals surface area (Å²) in [4.78, 5) is 10.6. The summed E-state index contributed by atoms with van der Waals surface area (Å²) < 4.78 is 10.5. The summed E-state index contributed by atoms with van der Waals surface area (Å²) in [6.07, 6.45) is 0.463. The molecular weight excluding hydrogens is 170 g/mol. The van der Waals surface area contributed by atoms with Crippen LogP contribution in [0, 0.1) is 0 Å². The van der Waals surface area contributed by atoms with Crippen LogP contribution >= 0.6 is 0 Å². The standard InChI is InChI=1S/C9H19NO3/c1-4-5-12-7(2)6-13-8(3)9(10)11/h7-8H,4-6H2,1-3H3,(H2,10,11). The summed E-state index contributed by atoms with van der Waals surface area (Å²) in [7, 11) is 0. The lowest BCUT2D eigenvalue weighted by atomic mass is 10.3. The molecule has 2 N–H and O–H groups in total. The molecule has 1 amide bonds. The molecule has 0 fully saturated rings. The van der Waals surface area contributed by atoms with Gasteiger partial charge in [-0.15, -0.1) is 0 Å². The first-order chi connectivity index (χ1) is 6.07. The van der Waals surface area contributed by atoms with Crippen molar-refractivity contribution in [2.75, 3.05) is 13.2 Å². The zero-order chi connectivity index (χ0) is 10.3. The van der Waals surface area contributed by atoms with Crippen LogP contribution in [0.25, 0.3) is 0 Å². The number of rotatable bonds is 7. The van der Waals surface area contributed by atoms with Crippen molar-refractivity contribution in [1.29, 1.82) is 0 Å². The van der Waals surface area contributed by atoms with Crippen molar-refractivity contribution in [3.05, 3.63) is 0 Å². The van der Waals surface area contributed by atoms with Gasteiger partial charge in [-0.3, -0.25) is 4.79 Å². The summed E-state index contributed by atoms with van der Waals surface area (Å²) in [6, 6.07) is 0. The molecule has 0 bridgehead atoms. The molecule has 0 rings (SSSR count). The maximum absolute atomic E-state index is 10.6. The quantitative estimate of drug-likeness (QED) is 0.641. The SMILES string of the molecule is CCCOC(C)COC(C)C(N)=O. The Labute approximate surface area is 79.4 Å². The Morgan fingerprint density at radius 1 is 1.38 bits per heavy atom. The summed E-state index contributed by atoms with van der Waals surface area (Å²) in [6.45, 7) is 6.71. The molecule has 0 saturated heterocycles. The van der Waals surface area contributed by atoms with Crippen LogP contribution in [-0.2, 0) is 14.3 Å². The third-order valence-electron chi connectivity index (χ3n) is 1.59. The van der Waals surface area contributed by atoms with Gasteiger partial charge in [0.15, 0.2) is 0 Å². The molecule has 0 spiro atoms. The van der Waals surface area contributed by atoms with Gasteiger partial charge in [-0.1, -0.05) is 6.92 Å². The fourth-order valence-electron chi connectivity index (χ4n) is 0.729. The van der Waals surface area contributed by atoms with E-state index < -0.39 is 12.0 Å². The molecular formula is C9H19NO3. The number of hydrogen-bond donors (Lipinski definition) is 1. The maximum Gasteiger partial charge on any atom is 0.246 e. The number of carbonyl (C=O) groups is 1. The Morgan fingerprint density at radius 2 is 2.00 bits per heavy atom. The Bertz CT molecular complexity index is 150. The second-order valence-corrected chi connectivity index (χ2v) is 3.06. The molecule has 2 atom stereocenters. The lowest BCUT2D eigenvalue weighted by Gasteiger charge is -2.15. The molecule has 0 saturated carbocycles. The fraction of sp³-hybridized carbons (Fsp3) is 0.889. The van der Waals surface area contributed by atoms with E-state index >= 15 is 0 Å². The zero-order valence-corrected chi connectivity index (χ0v) is 8.58. The van der Waals surface area contributed by atoms with E-state index in [0.717, 1.165) is 13.0 Å². The molecule has 0 aliphatic carbocycles. The van der Waals surface area contributed by atoms with Crippen LogP contribution in [0.5, 0.6) is 0 Å². The smallest absolute Gasteiger partial charge is 0.246 e. The van der Waals surface area contributed by atoms with E-state index in [1.165, 1.54) is 0 Å². The number of carbonyl (C=O) groups excluding carboxylic acids is 1. The summed E-state index contributed by atoms with van der Waals surface area (Å²) >= 11 is 0. The maximum atomic E-state index is 10.6. The molecule has 0 aromatic rings. The van der Waals surface area contributed by atoms with Crippen LogP contribution in [0.15, 0.2) is 0 Å². The van der Waals surface area contributed by atoms with Crippen LogP contribution in [0.3, 0.4) is 0 Å². The van der Waals surface area contributed by atoms with Gasteiger partial charge in [0.25, 0.3) is 0 Å². The Balaban J connectivity index is 3.45. The van der Waals surface area contributed by atoms with Crippen LogP contribution in [0.4, 0.5) is 0 Å². The van der Waals surface area contributed by atoms with Gasteiger partial charge in [-0.05, 0) is 20.3 Å². The Kier molecular flexibility index (Phi) is 6.54. The molecule has 4 heteroatoms. The van der Waals surface area contributed by atoms with Crippen molar-refractivity contribution >= 4 is 5.91 Å². The van der Waals surface area contributed by atoms with Crippen molar-refractivity contribution < 1.29 is 14.3 Å². The van der Waals surface area contributed by atoms with Crippen molar-refractivity contribution in [2.24, 2.45) is 5.73 Å². The van der Waals surface area contributed by atoms with Gasteiger partial charge in [0, 0.05) is 6.61 Å². The van der Waals surface area contributed by atoms with E-state index in [0.29, 0.717) is 6.61 Å². The molecule has 0 aromatic carbocycles. The van der Waals surface area contributed by atoms with E-state index in [1.54, 1.807) is 6.92 Å². The third kappa shape index (κ3) is 6.54. The van der Waals surface area contributed by atoms with Crippen molar-refractivity contribution in [2.45, 2.75) is 39.4 Å². The van der Waals surface area contributed by atoms with Gasteiger partial charge < -0.3 is 15.2 Å². The van der Waals surface area contributed by atoms with Gasteiger partial charge in [0.05, 0.1) is 12.7 Å². The normalized spacial score (nSPS) is 15.3. The summed E-state index contributed by atoms with van der Waals surface area (Å²) in [5.74, 6) is -0.442. The highest BCUT2D eigenvalue weighted by Gasteiger charge is 2.10. The molecule has 4 nitrogen and oxygen atoms in total. The highest BCUT2D eigenvalue weighted by atomic mass is 16.5. The number of primary amides is 1. The van der Waals surface area contributed by atoms with Gasteiger partial charge in [-0.2, -0.15) is 0 Å². The first-order valence-electron chi connectivity index (χ1n) is 4.60. The van der Waals surface area contributed by atoms with E-state index in [2.05, 4.69) is 0 Å². The minimum Gasteiger partial charge on any atom is -0.376 e. The van der Waals surface area contributed by atoms with Gasteiger partial charge in [0.2, 0.25) is 5.91 Å². The minimum absolute atomic E-state index is 0.0155. The van der Waals surface area contributed by atoms with E-state index in [9.17, 15) is 4.79 Å². The predicted octanol–water partition coefficient (Wildman–Crippen LogP) is 0.692. The largest absolute Gasteiger partial charge is 0.376 e. The molecule has 0 aliphatic rings. The number of ether oxygens (including phenoxy) is 2. The van der Waals surface area contributed by atoms with Gasteiger partial charge >= 0.3 is 0 Å². The molecule has 13 heavy (non-hydrogen) atoms.